The molecule has 4 aromatic rings. The number of para-hydroxylation sites is 1. The number of aromatic amines is 1. The largest absolute Gasteiger partial charge is 0.489 e. The van der Waals surface area contributed by atoms with Gasteiger partial charge in [0.05, 0.1) is 12.1 Å². The third kappa shape index (κ3) is 3.44. The zero-order chi connectivity index (χ0) is 20.5. The van der Waals surface area contributed by atoms with Crippen molar-refractivity contribution in [2.45, 2.75) is 25.1 Å². The monoisotopic (exact) mass is 397 g/mol. The van der Waals surface area contributed by atoms with Crippen LogP contribution < -0.4 is 15.8 Å². The van der Waals surface area contributed by atoms with E-state index >= 15 is 0 Å². The highest BCUT2D eigenvalue weighted by Crippen LogP contribution is 2.35. The second kappa shape index (κ2) is 7.69. The normalized spacial score (nSPS) is 18.1. The predicted molar refractivity (Wildman–Crippen MR) is 117 cm³/mol. The molecule has 0 bridgehead atoms. The summed E-state index contributed by atoms with van der Waals surface area (Å²) in [5.41, 5.74) is 11.2. The van der Waals surface area contributed by atoms with Crippen LogP contribution in [0, 0.1) is 0 Å². The van der Waals surface area contributed by atoms with Gasteiger partial charge in [-0.15, -0.1) is 0 Å². The number of hydrogen-bond acceptors (Lipinski definition) is 3. The van der Waals surface area contributed by atoms with Crippen LogP contribution in [0.15, 0.2) is 78.9 Å². The number of ether oxygens (including phenoxy) is 1. The number of rotatable bonds is 5. The summed E-state index contributed by atoms with van der Waals surface area (Å²) in [5, 5.41) is 4.56. The molecule has 0 fully saturated rings. The molecule has 1 aliphatic rings. The van der Waals surface area contributed by atoms with E-state index in [0.29, 0.717) is 13.0 Å². The van der Waals surface area contributed by atoms with Crippen LogP contribution in [0.4, 0.5) is 0 Å². The first-order valence-corrected chi connectivity index (χ1v) is 10.1. The lowest BCUT2D eigenvalue weighted by molar-refractivity contribution is -0.120. The number of carbonyl (C=O) groups excluding carboxylic acids is 1. The molecule has 1 aromatic heterocycles. The van der Waals surface area contributed by atoms with Crippen molar-refractivity contribution in [2.24, 2.45) is 5.73 Å². The number of nitrogens with one attached hydrogen (secondary N) is 2. The quantitative estimate of drug-likeness (QED) is 0.479. The third-order valence-corrected chi connectivity index (χ3v) is 5.72. The van der Waals surface area contributed by atoms with Crippen molar-refractivity contribution in [3.8, 4) is 5.75 Å². The van der Waals surface area contributed by atoms with E-state index < -0.39 is 6.04 Å². The van der Waals surface area contributed by atoms with Gasteiger partial charge in [0, 0.05) is 16.6 Å². The molecule has 5 heteroatoms. The highest BCUT2D eigenvalue weighted by Gasteiger charge is 2.32. The molecule has 150 valence electrons. The van der Waals surface area contributed by atoms with E-state index in [0.717, 1.165) is 39.0 Å². The Hall–Kier alpha value is -3.57. The smallest absolute Gasteiger partial charge is 0.234 e. The fraction of sp³-hybridized carbons (Fsp3) is 0.160. The molecule has 1 amide bonds. The summed E-state index contributed by atoms with van der Waals surface area (Å²) in [6, 6.07) is 25.7. The highest BCUT2D eigenvalue weighted by molar-refractivity contribution is 5.88. The van der Waals surface area contributed by atoms with Crippen LogP contribution in [0.5, 0.6) is 5.75 Å². The fourth-order valence-electron chi connectivity index (χ4n) is 4.18. The molecule has 1 aliphatic heterocycles. The standard InChI is InChI=1S/C25H23N3O2/c26-25(29)22-14-20-19-8-4-5-9-21(19)27-24(20)23(28-22)17-10-12-18(13-11-17)30-15-16-6-2-1-3-7-16/h1-13,22-23,27-28H,14-15H2,(H2,26,29). The van der Waals surface area contributed by atoms with Crippen molar-refractivity contribution in [3.63, 3.8) is 0 Å². The van der Waals surface area contributed by atoms with Gasteiger partial charge < -0.3 is 15.5 Å². The number of H-pyrrole nitrogens is 1. The van der Waals surface area contributed by atoms with Gasteiger partial charge in [-0.3, -0.25) is 10.1 Å². The number of benzene rings is 3. The number of hydrogen-bond donors (Lipinski definition) is 3. The molecule has 2 unspecified atom stereocenters. The molecule has 0 aliphatic carbocycles. The fourth-order valence-corrected chi connectivity index (χ4v) is 4.18. The van der Waals surface area contributed by atoms with E-state index in [4.69, 9.17) is 10.5 Å². The second-order valence-corrected chi connectivity index (χ2v) is 7.66. The Morgan fingerprint density at radius 2 is 1.70 bits per heavy atom. The van der Waals surface area contributed by atoms with E-state index in [9.17, 15) is 4.79 Å². The Labute approximate surface area is 174 Å². The average molecular weight is 397 g/mol. The number of primary amides is 1. The summed E-state index contributed by atoms with van der Waals surface area (Å²) >= 11 is 0. The molecule has 2 heterocycles. The van der Waals surface area contributed by atoms with Crippen molar-refractivity contribution in [1.82, 2.24) is 10.3 Å². The van der Waals surface area contributed by atoms with Crippen molar-refractivity contribution in [1.29, 1.82) is 0 Å². The predicted octanol–water partition coefficient (Wildman–Crippen LogP) is 3.84. The molecule has 5 nitrogen and oxygen atoms in total. The number of carbonyl (C=O) groups is 1. The van der Waals surface area contributed by atoms with E-state index in [1.807, 2.05) is 66.7 Å². The molecule has 3 aromatic carbocycles. The molecule has 30 heavy (non-hydrogen) atoms. The minimum absolute atomic E-state index is 0.137. The lowest BCUT2D eigenvalue weighted by Crippen LogP contribution is -2.48. The molecular formula is C25H23N3O2. The molecular weight excluding hydrogens is 374 g/mol. The first kappa shape index (κ1) is 18.5. The summed E-state index contributed by atoms with van der Waals surface area (Å²) in [5.74, 6) is 0.473. The van der Waals surface area contributed by atoms with Gasteiger partial charge in [0.15, 0.2) is 0 Å². The van der Waals surface area contributed by atoms with Gasteiger partial charge in [0.1, 0.15) is 12.4 Å². The van der Waals surface area contributed by atoms with E-state index in [-0.39, 0.29) is 11.9 Å². The van der Waals surface area contributed by atoms with Gasteiger partial charge in [0.25, 0.3) is 0 Å². The third-order valence-electron chi connectivity index (χ3n) is 5.72. The van der Waals surface area contributed by atoms with E-state index in [1.54, 1.807) is 0 Å². The number of nitrogens with two attached hydrogens (primary N) is 1. The van der Waals surface area contributed by atoms with Crippen LogP contribution in [0.25, 0.3) is 10.9 Å². The first-order valence-electron chi connectivity index (χ1n) is 10.1. The maximum atomic E-state index is 12.0. The van der Waals surface area contributed by atoms with Gasteiger partial charge in [-0.05, 0) is 41.3 Å². The van der Waals surface area contributed by atoms with Crippen molar-refractivity contribution < 1.29 is 9.53 Å². The SMILES string of the molecule is NC(=O)C1Cc2c([nH]c3ccccc23)C(c2ccc(OCc3ccccc3)cc2)N1. The van der Waals surface area contributed by atoms with Crippen LogP contribution in [0.1, 0.15) is 28.4 Å². The molecule has 0 saturated carbocycles. The van der Waals surface area contributed by atoms with E-state index in [1.165, 1.54) is 0 Å². The average Bonchev–Trinajstić information content (AvgIpc) is 3.17. The van der Waals surface area contributed by atoms with Crippen molar-refractivity contribution >= 4 is 16.8 Å². The highest BCUT2D eigenvalue weighted by atomic mass is 16.5. The van der Waals surface area contributed by atoms with E-state index in [2.05, 4.69) is 22.4 Å². The maximum Gasteiger partial charge on any atom is 0.234 e. The Bertz CT molecular complexity index is 1180. The molecule has 4 N–H and O–H groups in total. The molecule has 0 saturated heterocycles. The Morgan fingerprint density at radius 1 is 0.967 bits per heavy atom. The lowest BCUT2D eigenvalue weighted by atomic mass is 9.90. The minimum Gasteiger partial charge on any atom is -0.489 e. The molecule has 0 radical (unpaired) electrons. The summed E-state index contributed by atoms with van der Waals surface area (Å²) in [6.07, 6.45) is 0.587. The Kier molecular flexibility index (Phi) is 4.73. The zero-order valence-corrected chi connectivity index (χ0v) is 16.5. The molecule has 2 atom stereocenters. The summed E-state index contributed by atoms with van der Waals surface area (Å²) in [6.45, 7) is 0.526. The zero-order valence-electron chi connectivity index (χ0n) is 16.5. The number of aromatic nitrogens is 1. The minimum atomic E-state index is -0.407. The van der Waals surface area contributed by atoms with Crippen LogP contribution in [0.3, 0.4) is 0 Å². The topological polar surface area (TPSA) is 80.1 Å². The molecule has 0 spiro atoms. The van der Waals surface area contributed by atoms with Gasteiger partial charge in [0.2, 0.25) is 5.91 Å². The Morgan fingerprint density at radius 3 is 2.47 bits per heavy atom. The lowest BCUT2D eigenvalue weighted by Gasteiger charge is -2.30. The summed E-state index contributed by atoms with van der Waals surface area (Å²) < 4.78 is 5.91. The first-order chi connectivity index (χ1) is 14.7. The number of amides is 1. The van der Waals surface area contributed by atoms with Crippen LogP contribution in [0.2, 0.25) is 0 Å². The van der Waals surface area contributed by atoms with Crippen LogP contribution in [-0.4, -0.2) is 16.9 Å². The second-order valence-electron chi connectivity index (χ2n) is 7.66. The summed E-state index contributed by atoms with van der Waals surface area (Å²) in [7, 11) is 0. The van der Waals surface area contributed by atoms with Gasteiger partial charge >= 0.3 is 0 Å². The summed E-state index contributed by atoms with van der Waals surface area (Å²) in [4.78, 5) is 15.5. The van der Waals surface area contributed by atoms with Crippen LogP contribution in [-0.2, 0) is 17.8 Å². The van der Waals surface area contributed by atoms with Crippen molar-refractivity contribution in [3.05, 3.63) is 101 Å². The molecule has 5 rings (SSSR count). The van der Waals surface area contributed by atoms with Gasteiger partial charge in [-0.1, -0.05) is 60.7 Å². The number of fused-ring (bicyclic) bond motifs is 3. The van der Waals surface area contributed by atoms with Crippen LogP contribution >= 0.6 is 0 Å². The maximum absolute atomic E-state index is 12.0. The van der Waals surface area contributed by atoms with Crippen molar-refractivity contribution in [2.75, 3.05) is 0 Å². The Balaban J connectivity index is 1.43. The van der Waals surface area contributed by atoms with Gasteiger partial charge in [-0.25, -0.2) is 0 Å². The van der Waals surface area contributed by atoms with Gasteiger partial charge in [-0.2, -0.15) is 0 Å².